The number of terminal acetylenes is 1. The average molecular weight is 835 g/mol. The van der Waals surface area contributed by atoms with Crippen LogP contribution in [-0.4, -0.2) is 110 Å². The van der Waals surface area contributed by atoms with Crippen molar-refractivity contribution >= 4 is 41.2 Å². The van der Waals surface area contributed by atoms with Crippen LogP contribution < -0.4 is 19.5 Å². The normalized spacial score (nSPS) is 18.5. The molecule has 0 bridgehead atoms. The van der Waals surface area contributed by atoms with Crippen LogP contribution in [0.4, 0.5) is 14.6 Å². The molecule has 314 valence electrons. The molecule has 1 aliphatic carbocycles. The predicted octanol–water partition coefficient (Wildman–Crippen LogP) is 6.44. The van der Waals surface area contributed by atoms with Crippen molar-refractivity contribution in [1.29, 1.82) is 0 Å². The first kappa shape index (κ1) is 42.4. The number of anilines is 1. The molecule has 2 aromatic heterocycles. The number of halogens is 2. The Balaban J connectivity index is 1.35. The lowest BCUT2D eigenvalue weighted by Gasteiger charge is -2.30. The number of hydrogen-bond acceptors (Lipinski definition) is 13. The number of pyridine rings is 1. The lowest BCUT2D eigenvalue weighted by Crippen LogP contribution is -2.44. The van der Waals surface area contributed by atoms with E-state index in [1.807, 2.05) is 4.90 Å². The molecule has 17 heteroatoms. The zero-order valence-corrected chi connectivity index (χ0v) is 34.6. The summed E-state index contributed by atoms with van der Waals surface area (Å²) in [5.74, 6) is 0.746. The maximum Gasteiger partial charge on any atom is 0.530 e. The number of carbonyl (C=O) groups excluding carboxylic acids is 1. The topological polar surface area (TPSA) is 147 Å². The molecule has 2 saturated heterocycles. The third kappa shape index (κ3) is 9.84. The Morgan fingerprint density at radius 2 is 1.83 bits per heavy atom. The predicted molar refractivity (Wildman–Crippen MR) is 218 cm³/mol. The van der Waals surface area contributed by atoms with Gasteiger partial charge in [0.1, 0.15) is 28.6 Å². The van der Waals surface area contributed by atoms with E-state index in [0.29, 0.717) is 44.2 Å². The number of nitrogens with zero attached hydrogens (tertiary/aromatic N) is 5. The van der Waals surface area contributed by atoms with Crippen LogP contribution in [0, 0.1) is 29.4 Å². The molecule has 14 nitrogen and oxygen atoms in total. The number of hydrogen-bond donors (Lipinski definition) is 1. The Labute approximate surface area is 342 Å². The van der Waals surface area contributed by atoms with Crippen molar-refractivity contribution in [2.45, 2.75) is 58.8 Å². The van der Waals surface area contributed by atoms with Gasteiger partial charge in [-0.2, -0.15) is 9.97 Å². The highest BCUT2D eigenvalue weighted by Gasteiger charge is 2.45. The van der Waals surface area contributed by atoms with E-state index in [-0.39, 0.29) is 69.3 Å². The van der Waals surface area contributed by atoms with Gasteiger partial charge in [0.2, 0.25) is 5.91 Å². The molecule has 4 heterocycles. The molecule has 4 aromatic rings. The van der Waals surface area contributed by atoms with Crippen LogP contribution in [-0.2, 0) is 27.9 Å². The molecule has 1 amide bonds. The van der Waals surface area contributed by atoms with Crippen molar-refractivity contribution in [1.82, 2.24) is 25.2 Å². The number of fused-ring (bicyclic) bond motifs is 2. The average Bonchev–Trinajstić information content (AvgIpc) is 4.00. The number of benzene rings is 2. The highest BCUT2D eigenvalue weighted by atomic mass is 31.2. The SMILES string of the molecule is C#Cc1c(F)ccc2cc(OP(=O)(OC(C)C)OC(C)C)cc(-c3ncc4c(N5CCOC[C@H](NC(=O)C=C)C5)nc(OCC5(CN6CCOCC6)CC5)nc4c3F)c12. The molecule has 59 heavy (non-hydrogen) atoms. The molecule has 0 radical (unpaired) electrons. The Kier molecular flexibility index (Phi) is 12.8. The van der Waals surface area contributed by atoms with Gasteiger partial charge in [-0.15, -0.1) is 6.42 Å². The second kappa shape index (κ2) is 17.8. The van der Waals surface area contributed by atoms with E-state index in [0.717, 1.165) is 32.5 Å². The minimum atomic E-state index is -4.22. The van der Waals surface area contributed by atoms with Gasteiger partial charge in [0.05, 0.1) is 62.2 Å². The van der Waals surface area contributed by atoms with Crippen molar-refractivity contribution < 1.29 is 45.9 Å². The van der Waals surface area contributed by atoms with Crippen molar-refractivity contribution in [3.63, 3.8) is 0 Å². The summed E-state index contributed by atoms with van der Waals surface area (Å²) in [6.45, 7) is 15.6. The molecule has 0 spiro atoms. The van der Waals surface area contributed by atoms with Gasteiger partial charge >= 0.3 is 13.8 Å². The Bertz CT molecular complexity index is 2300. The second-order valence-electron chi connectivity index (χ2n) is 15.6. The van der Waals surface area contributed by atoms with Gasteiger partial charge in [-0.3, -0.25) is 23.7 Å². The molecule has 2 aliphatic heterocycles. The number of rotatable bonds is 15. The summed E-state index contributed by atoms with van der Waals surface area (Å²) in [5, 5.41) is 3.66. The highest BCUT2D eigenvalue weighted by Crippen LogP contribution is 2.53. The largest absolute Gasteiger partial charge is 0.530 e. The van der Waals surface area contributed by atoms with Gasteiger partial charge in [-0.25, -0.2) is 13.3 Å². The van der Waals surface area contributed by atoms with Crippen molar-refractivity contribution in [2.24, 2.45) is 5.41 Å². The number of phosphoric ester groups is 1. The summed E-state index contributed by atoms with van der Waals surface area (Å²) in [5.41, 5.74) is -0.562. The summed E-state index contributed by atoms with van der Waals surface area (Å²) < 4.78 is 81.6. The standard InChI is InChI=1S/C42H49F2N6O8P/c1-7-31-34(43)10-9-28-19-30(58-59(52,56-26(3)4)57-27(5)6)20-32(36(28)31)38-37(44)39-33(21-45-38)40(50-15-18-54-23-29(22-50)46-35(51)8-2)48-41(47-39)55-25-42(11-12-42)24-49-13-16-53-17-14-49/h1,8-10,19-21,26-27,29H,2,11-18,22-25H2,3-6H3,(H,46,51)/t29-/m1/s1. The van der Waals surface area contributed by atoms with E-state index in [4.69, 9.17) is 39.2 Å². The number of ether oxygens (including phenoxy) is 3. The molecular formula is C42H49F2N6O8P. The van der Waals surface area contributed by atoms with Crippen LogP contribution in [0.25, 0.3) is 32.9 Å². The monoisotopic (exact) mass is 834 g/mol. The zero-order valence-electron chi connectivity index (χ0n) is 33.7. The molecule has 0 unspecified atom stereocenters. The maximum atomic E-state index is 17.5. The first-order valence-corrected chi connectivity index (χ1v) is 21.2. The van der Waals surface area contributed by atoms with Gasteiger partial charge in [0.15, 0.2) is 5.82 Å². The number of phosphoric acid groups is 1. The number of aromatic nitrogens is 3. The van der Waals surface area contributed by atoms with Gasteiger partial charge in [-0.1, -0.05) is 18.6 Å². The smallest absolute Gasteiger partial charge is 0.463 e. The Morgan fingerprint density at radius 3 is 2.51 bits per heavy atom. The quantitative estimate of drug-likeness (QED) is 0.0797. The van der Waals surface area contributed by atoms with E-state index >= 15 is 8.78 Å². The summed E-state index contributed by atoms with van der Waals surface area (Å²) in [7, 11) is -4.22. The summed E-state index contributed by atoms with van der Waals surface area (Å²) in [4.78, 5) is 30.6. The number of carbonyl (C=O) groups is 1. The zero-order chi connectivity index (χ0) is 41.9. The summed E-state index contributed by atoms with van der Waals surface area (Å²) in [6.07, 6.45) is 9.30. The molecule has 1 saturated carbocycles. The third-order valence-corrected chi connectivity index (χ3v) is 12.0. The third-order valence-electron chi connectivity index (χ3n) is 10.2. The van der Waals surface area contributed by atoms with Gasteiger partial charge in [0.25, 0.3) is 0 Å². The summed E-state index contributed by atoms with van der Waals surface area (Å²) in [6, 6.07) is 5.02. The van der Waals surface area contributed by atoms with Crippen LogP contribution in [0.5, 0.6) is 11.8 Å². The first-order valence-electron chi connectivity index (χ1n) is 19.7. The number of morpholine rings is 1. The fraction of sp³-hybridized carbons (Fsp3) is 0.476. The van der Waals surface area contributed by atoms with E-state index in [1.54, 1.807) is 27.7 Å². The first-order chi connectivity index (χ1) is 28.3. The van der Waals surface area contributed by atoms with Crippen LogP contribution in [0.15, 0.2) is 43.1 Å². The van der Waals surface area contributed by atoms with Crippen molar-refractivity contribution in [3.05, 3.63) is 60.3 Å². The van der Waals surface area contributed by atoms with Crippen LogP contribution in [0.1, 0.15) is 46.1 Å². The van der Waals surface area contributed by atoms with Gasteiger partial charge < -0.3 is 29.0 Å². The molecule has 1 atom stereocenters. The van der Waals surface area contributed by atoms with Gasteiger partial charge in [-0.05, 0) is 70.2 Å². The van der Waals surface area contributed by atoms with Crippen LogP contribution in [0.2, 0.25) is 0 Å². The fourth-order valence-corrected chi connectivity index (χ4v) is 8.88. The molecule has 3 aliphatic rings. The number of amides is 1. The Morgan fingerprint density at radius 1 is 1.10 bits per heavy atom. The van der Waals surface area contributed by atoms with Crippen LogP contribution >= 0.6 is 7.82 Å². The molecule has 7 rings (SSSR count). The van der Waals surface area contributed by atoms with Crippen LogP contribution in [0.3, 0.4) is 0 Å². The molecule has 3 fully saturated rings. The van der Waals surface area contributed by atoms with E-state index in [9.17, 15) is 9.36 Å². The molecule has 1 N–H and O–H groups in total. The Hall–Kier alpha value is -4.75. The summed E-state index contributed by atoms with van der Waals surface area (Å²) >= 11 is 0. The lowest BCUT2D eigenvalue weighted by molar-refractivity contribution is -0.117. The van der Waals surface area contributed by atoms with E-state index < -0.39 is 37.7 Å². The fourth-order valence-electron chi connectivity index (χ4n) is 7.35. The van der Waals surface area contributed by atoms with E-state index in [2.05, 4.69) is 32.7 Å². The molecule has 2 aromatic carbocycles. The van der Waals surface area contributed by atoms with Crippen molar-refractivity contribution in [3.8, 4) is 35.4 Å². The second-order valence-corrected chi connectivity index (χ2v) is 17.1. The highest BCUT2D eigenvalue weighted by molar-refractivity contribution is 7.49. The minimum Gasteiger partial charge on any atom is -0.463 e. The van der Waals surface area contributed by atoms with Crippen molar-refractivity contribution in [2.75, 3.05) is 70.7 Å². The number of nitrogens with one attached hydrogen (secondary N) is 1. The lowest BCUT2D eigenvalue weighted by atomic mass is 9.96. The van der Waals surface area contributed by atoms with Gasteiger partial charge in [0, 0.05) is 55.3 Å². The van der Waals surface area contributed by atoms with E-state index in [1.165, 1.54) is 36.5 Å². The molecular weight excluding hydrogens is 785 g/mol. The minimum absolute atomic E-state index is 0.0208. The maximum absolute atomic E-state index is 17.5.